The second-order valence-electron chi connectivity index (χ2n) is 7.56. The number of nitrogens with zero attached hydrogens (tertiary/aromatic N) is 1. The normalized spacial score (nSPS) is 16.0. The molecule has 0 spiro atoms. The summed E-state index contributed by atoms with van der Waals surface area (Å²) in [5, 5.41) is 6.53. The molecule has 3 amide bonds. The van der Waals surface area contributed by atoms with Crippen LogP contribution in [0.5, 0.6) is 0 Å². The second-order valence-corrected chi connectivity index (χ2v) is 7.56. The van der Waals surface area contributed by atoms with Crippen molar-refractivity contribution in [2.75, 3.05) is 24.5 Å². The van der Waals surface area contributed by atoms with Gasteiger partial charge < -0.3 is 20.5 Å². The van der Waals surface area contributed by atoms with Gasteiger partial charge in [-0.3, -0.25) is 14.4 Å². The van der Waals surface area contributed by atoms with Crippen LogP contribution < -0.4 is 15.5 Å². The van der Waals surface area contributed by atoms with Crippen molar-refractivity contribution in [3.8, 4) is 0 Å². The fraction of sp³-hybridized carbons (Fsp3) is 0.261. The first-order valence-electron chi connectivity index (χ1n) is 10.2. The number of carbonyl (C=O) groups excluding carboxylic acids is 3. The summed E-state index contributed by atoms with van der Waals surface area (Å²) in [4.78, 5) is 41.4. The van der Waals surface area contributed by atoms with Crippen LogP contribution in [-0.2, 0) is 20.8 Å². The molecule has 8 heteroatoms. The van der Waals surface area contributed by atoms with E-state index in [0.29, 0.717) is 18.7 Å². The number of aromatic nitrogens is 1. The quantitative estimate of drug-likeness (QED) is 0.545. The molecule has 7 nitrogen and oxygen atoms in total. The molecule has 1 unspecified atom stereocenters. The Morgan fingerprint density at radius 3 is 2.68 bits per heavy atom. The fourth-order valence-electron chi connectivity index (χ4n) is 3.80. The van der Waals surface area contributed by atoms with Gasteiger partial charge in [0.05, 0.1) is 12.5 Å². The van der Waals surface area contributed by atoms with E-state index in [1.54, 1.807) is 0 Å². The maximum atomic E-state index is 13.1. The van der Waals surface area contributed by atoms with Gasteiger partial charge in [-0.25, -0.2) is 4.39 Å². The minimum Gasteiger partial charge on any atom is -0.361 e. The second kappa shape index (κ2) is 8.99. The van der Waals surface area contributed by atoms with E-state index in [-0.39, 0.29) is 43.0 Å². The monoisotopic (exact) mass is 422 g/mol. The lowest BCUT2D eigenvalue weighted by Crippen LogP contribution is -2.40. The van der Waals surface area contributed by atoms with E-state index in [1.807, 2.05) is 30.5 Å². The van der Waals surface area contributed by atoms with E-state index in [9.17, 15) is 18.8 Å². The van der Waals surface area contributed by atoms with E-state index in [0.717, 1.165) is 16.5 Å². The van der Waals surface area contributed by atoms with Crippen LogP contribution >= 0.6 is 0 Å². The average molecular weight is 422 g/mol. The maximum absolute atomic E-state index is 13.1. The van der Waals surface area contributed by atoms with Gasteiger partial charge in [0, 0.05) is 42.3 Å². The molecule has 31 heavy (non-hydrogen) atoms. The largest absolute Gasteiger partial charge is 0.361 e. The molecule has 3 aromatic rings. The number of para-hydroxylation sites is 1. The number of nitrogens with one attached hydrogen (secondary N) is 3. The molecule has 2 aromatic carbocycles. The van der Waals surface area contributed by atoms with Crippen molar-refractivity contribution in [1.82, 2.24) is 15.6 Å². The van der Waals surface area contributed by atoms with E-state index in [2.05, 4.69) is 15.6 Å². The number of H-pyrrole nitrogens is 1. The van der Waals surface area contributed by atoms with Gasteiger partial charge in [-0.15, -0.1) is 0 Å². The van der Waals surface area contributed by atoms with Crippen LogP contribution in [0.25, 0.3) is 10.9 Å². The zero-order chi connectivity index (χ0) is 21.8. The molecule has 1 fully saturated rings. The topological polar surface area (TPSA) is 94.3 Å². The van der Waals surface area contributed by atoms with E-state index in [4.69, 9.17) is 0 Å². The van der Waals surface area contributed by atoms with Crippen LogP contribution in [-0.4, -0.2) is 42.3 Å². The van der Waals surface area contributed by atoms with Crippen LogP contribution in [0.4, 0.5) is 10.1 Å². The molecular formula is C23H23FN4O3. The molecule has 0 aliphatic carbocycles. The highest BCUT2D eigenvalue weighted by Crippen LogP contribution is 2.25. The first-order valence-corrected chi connectivity index (χ1v) is 10.2. The van der Waals surface area contributed by atoms with Crippen molar-refractivity contribution in [2.45, 2.75) is 12.8 Å². The summed E-state index contributed by atoms with van der Waals surface area (Å²) in [6.45, 7) is 0.517. The molecule has 3 N–H and O–H groups in total. The summed E-state index contributed by atoms with van der Waals surface area (Å²) in [5.74, 6) is -1.76. The van der Waals surface area contributed by atoms with Crippen molar-refractivity contribution in [3.63, 3.8) is 0 Å². The summed E-state index contributed by atoms with van der Waals surface area (Å²) >= 11 is 0. The van der Waals surface area contributed by atoms with Crippen molar-refractivity contribution in [1.29, 1.82) is 0 Å². The third-order valence-corrected chi connectivity index (χ3v) is 5.45. The highest BCUT2D eigenvalue weighted by molar-refractivity contribution is 6.00. The Morgan fingerprint density at radius 2 is 1.87 bits per heavy atom. The number of anilines is 1. The number of hydrogen-bond donors (Lipinski definition) is 3. The standard InChI is InChI=1S/C23H23FN4O3/c24-17-5-7-18(8-6-17)28-14-16(11-22(28)30)23(31)27-13-21(29)25-10-9-15-12-26-20-4-2-1-3-19(15)20/h1-8,12,16,26H,9-11,13-14H2,(H,25,29)(H,27,31). The fourth-order valence-corrected chi connectivity index (χ4v) is 3.80. The maximum Gasteiger partial charge on any atom is 0.239 e. The third kappa shape index (κ3) is 4.74. The molecule has 1 atom stereocenters. The Hall–Kier alpha value is -3.68. The van der Waals surface area contributed by atoms with Crippen molar-refractivity contribution in [2.24, 2.45) is 5.92 Å². The first kappa shape index (κ1) is 20.6. The lowest BCUT2D eigenvalue weighted by atomic mass is 10.1. The Kier molecular flexibility index (Phi) is 5.97. The first-order chi connectivity index (χ1) is 15.0. The predicted octanol–water partition coefficient (Wildman–Crippen LogP) is 2.14. The molecule has 0 saturated carbocycles. The SMILES string of the molecule is O=C(CNC(=O)C1CC(=O)N(c2ccc(F)cc2)C1)NCCc1c[nH]c2ccccc12. The number of benzene rings is 2. The van der Waals surface area contributed by atoms with Gasteiger partial charge in [0.2, 0.25) is 17.7 Å². The molecule has 0 radical (unpaired) electrons. The van der Waals surface area contributed by atoms with Crippen LogP contribution in [0.15, 0.2) is 54.7 Å². The molecule has 4 rings (SSSR count). The molecular weight excluding hydrogens is 399 g/mol. The highest BCUT2D eigenvalue weighted by atomic mass is 19.1. The van der Waals surface area contributed by atoms with Gasteiger partial charge in [0.25, 0.3) is 0 Å². The van der Waals surface area contributed by atoms with Gasteiger partial charge >= 0.3 is 0 Å². The Labute approximate surface area is 178 Å². The molecule has 1 aliphatic heterocycles. The summed E-state index contributed by atoms with van der Waals surface area (Å²) in [5.41, 5.74) is 2.72. The number of aromatic amines is 1. The predicted molar refractivity (Wildman–Crippen MR) is 115 cm³/mol. The number of carbonyl (C=O) groups is 3. The Bertz CT molecular complexity index is 1110. The zero-order valence-electron chi connectivity index (χ0n) is 16.9. The summed E-state index contributed by atoms with van der Waals surface area (Å²) in [7, 11) is 0. The molecule has 1 aromatic heterocycles. The van der Waals surface area contributed by atoms with Gasteiger partial charge in [-0.1, -0.05) is 18.2 Å². The summed E-state index contributed by atoms with van der Waals surface area (Å²) in [6, 6.07) is 13.5. The average Bonchev–Trinajstić information content (AvgIpc) is 3.36. The number of hydrogen-bond acceptors (Lipinski definition) is 3. The van der Waals surface area contributed by atoms with Crippen molar-refractivity contribution in [3.05, 3.63) is 66.1 Å². The molecule has 160 valence electrons. The van der Waals surface area contributed by atoms with Crippen LogP contribution in [0.2, 0.25) is 0 Å². The molecule has 1 aliphatic rings. The van der Waals surface area contributed by atoms with E-state index in [1.165, 1.54) is 29.2 Å². The summed E-state index contributed by atoms with van der Waals surface area (Å²) in [6.07, 6.45) is 2.67. The molecule has 2 heterocycles. The third-order valence-electron chi connectivity index (χ3n) is 5.45. The minimum atomic E-state index is -0.545. The number of rotatable bonds is 7. The zero-order valence-corrected chi connectivity index (χ0v) is 16.9. The van der Waals surface area contributed by atoms with Crippen LogP contribution in [0, 0.1) is 11.7 Å². The highest BCUT2D eigenvalue weighted by Gasteiger charge is 2.35. The number of amides is 3. The van der Waals surface area contributed by atoms with Gasteiger partial charge in [0.15, 0.2) is 0 Å². The van der Waals surface area contributed by atoms with Crippen molar-refractivity contribution >= 4 is 34.3 Å². The van der Waals surface area contributed by atoms with Gasteiger partial charge in [0.1, 0.15) is 5.82 Å². The summed E-state index contributed by atoms with van der Waals surface area (Å²) < 4.78 is 13.1. The van der Waals surface area contributed by atoms with E-state index < -0.39 is 5.92 Å². The van der Waals surface area contributed by atoms with Crippen LogP contribution in [0.1, 0.15) is 12.0 Å². The lowest BCUT2D eigenvalue weighted by Gasteiger charge is -2.16. The molecule has 1 saturated heterocycles. The van der Waals surface area contributed by atoms with Gasteiger partial charge in [-0.2, -0.15) is 0 Å². The smallest absolute Gasteiger partial charge is 0.239 e. The Morgan fingerprint density at radius 1 is 1.10 bits per heavy atom. The van der Waals surface area contributed by atoms with Crippen molar-refractivity contribution < 1.29 is 18.8 Å². The van der Waals surface area contributed by atoms with Crippen LogP contribution in [0.3, 0.4) is 0 Å². The number of fused-ring (bicyclic) bond motifs is 1. The molecule has 0 bridgehead atoms. The Balaban J connectivity index is 1.22. The lowest BCUT2D eigenvalue weighted by molar-refractivity contribution is -0.128. The van der Waals surface area contributed by atoms with Gasteiger partial charge in [-0.05, 0) is 42.3 Å². The van der Waals surface area contributed by atoms with E-state index >= 15 is 0 Å². The number of halogens is 1. The minimum absolute atomic E-state index is 0.0609.